The lowest BCUT2D eigenvalue weighted by atomic mass is 10.0. The molecule has 0 radical (unpaired) electrons. The Morgan fingerprint density at radius 1 is 1.26 bits per heavy atom. The average molecular weight is 390 g/mol. The molecule has 6 heteroatoms. The van der Waals surface area contributed by atoms with Crippen LogP contribution in [-0.4, -0.2) is 14.2 Å². The maximum Gasteiger partial charge on any atom is 0.127 e. The first-order valence-corrected chi connectivity index (χ1v) is 7.57. The maximum absolute atomic E-state index is 5.71. The third-order valence-corrected chi connectivity index (χ3v) is 4.65. The van der Waals surface area contributed by atoms with Crippen molar-refractivity contribution in [3.05, 3.63) is 43.7 Å². The zero-order valence-electron chi connectivity index (χ0n) is 10.6. The minimum atomic E-state index is -0.0966. The first-order valence-electron chi connectivity index (χ1n) is 5.61. The van der Waals surface area contributed by atoms with Gasteiger partial charge in [0.05, 0.1) is 23.1 Å². The summed E-state index contributed by atoms with van der Waals surface area (Å²) in [4.78, 5) is 0. The first kappa shape index (κ1) is 14.6. The van der Waals surface area contributed by atoms with Crippen LogP contribution in [0, 0.1) is 2.88 Å². The molecule has 3 N–H and O–H groups in total. The van der Waals surface area contributed by atoms with E-state index >= 15 is 0 Å². The Bertz CT molecular complexity index is 559. The second-order valence-electron chi connectivity index (χ2n) is 3.89. The Labute approximate surface area is 130 Å². The molecule has 2 aromatic rings. The van der Waals surface area contributed by atoms with Crippen molar-refractivity contribution in [3.8, 4) is 11.5 Å². The fraction of sp³-hybridized carbons (Fsp3) is 0.231. The van der Waals surface area contributed by atoms with E-state index in [1.807, 2.05) is 18.2 Å². The summed E-state index contributed by atoms with van der Waals surface area (Å²) in [6.07, 6.45) is 0. The smallest absolute Gasteiger partial charge is 0.127 e. The lowest BCUT2D eigenvalue weighted by molar-refractivity contribution is 0.387. The molecule has 102 valence electrons. The van der Waals surface area contributed by atoms with E-state index in [4.69, 9.17) is 15.3 Å². The number of hydrazine groups is 1. The third-order valence-electron chi connectivity index (χ3n) is 2.84. The molecule has 19 heavy (non-hydrogen) atoms. The molecule has 1 aromatic carbocycles. The number of methoxy groups -OCH3 is 2. The van der Waals surface area contributed by atoms with Gasteiger partial charge in [0, 0.05) is 11.6 Å². The Kier molecular flexibility index (Phi) is 5.03. The molecular weight excluding hydrogens is 375 g/mol. The lowest BCUT2D eigenvalue weighted by Crippen LogP contribution is -2.28. The number of nitrogens with one attached hydrogen (secondary N) is 1. The Morgan fingerprint density at radius 2 is 2.05 bits per heavy atom. The fourth-order valence-corrected chi connectivity index (χ4v) is 3.30. The normalized spacial score (nSPS) is 12.2. The second kappa shape index (κ2) is 6.56. The van der Waals surface area contributed by atoms with Gasteiger partial charge in [0.15, 0.2) is 0 Å². The minimum Gasteiger partial charge on any atom is -0.497 e. The van der Waals surface area contributed by atoms with Crippen LogP contribution in [0.3, 0.4) is 0 Å². The van der Waals surface area contributed by atoms with Gasteiger partial charge in [0.2, 0.25) is 0 Å². The zero-order valence-corrected chi connectivity index (χ0v) is 13.6. The summed E-state index contributed by atoms with van der Waals surface area (Å²) in [6, 6.07) is 7.74. The molecule has 0 aliphatic carbocycles. The van der Waals surface area contributed by atoms with Gasteiger partial charge >= 0.3 is 0 Å². The average Bonchev–Trinajstić information content (AvgIpc) is 2.86. The quantitative estimate of drug-likeness (QED) is 0.468. The number of hydrogen-bond donors (Lipinski definition) is 2. The van der Waals surface area contributed by atoms with Gasteiger partial charge in [-0.2, -0.15) is 0 Å². The number of ether oxygens (including phenoxy) is 2. The van der Waals surface area contributed by atoms with Crippen molar-refractivity contribution in [1.29, 1.82) is 0 Å². The summed E-state index contributed by atoms with van der Waals surface area (Å²) in [5.41, 5.74) is 4.95. The van der Waals surface area contributed by atoms with Gasteiger partial charge in [-0.3, -0.25) is 5.84 Å². The van der Waals surface area contributed by atoms with Gasteiger partial charge in [-0.05, 0) is 51.7 Å². The number of halogens is 1. The van der Waals surface area contributed by atoms with Crippen molar-refractivity contribution in [2.24, 2.45) is 5.84 Å². The Morgan fingerprint density at radius 3 is 2.58 bits per heavy atom. The van der Waals surface area contributed by atoms with Crippen LogP contribution in [0.4, 0.5) is 0 Å². The Balaban J connectivity index is 2.43. The highest BCUT2D eigenvalue weighted by atomic mass is 127. The maximum atomic E-state index is 5.71. The van der Waals surface area contributed by atoms with Gasteiger partial charge in [-0.1, -0.05) is 0 Å². The van der Waals surface area contributed by atoms with Crippen molar-refractivity contribution in [1.82, 2.24) is 5.43 Å². The molecule has 0 fully saturated rings. The van der Waals surface area contributed by atoms with Crippen molar-refractivity contribution in [2.45, 2.75) is 6.04 Å². The van der Waals surface area contributed by atoms with Crippen LogP contribution >= 0.6 is 33.9 Å². The predicted molar refractivity (Wildman–Crippen MR) is 85.7 cm³/mol. The van der Waals surface area contributed by atoms with Crippen LogP contribution in [-0.2, 0) is 0 Å². The van der Waals surface area contributed by atoms with E-state index in [2.05, 4.69) is 39.5 Å². The topological polar surface area (TPSA) is 56.5 Å². The van der Waals surface area contributed by atoms with Crippen LogP contribution in [0.25, 0.3) is 0 Å². The van der Waals surface area contributed by atoms with Crippen molar-refractivity contribution in [3.63, 3.8) is 0 Å². The Hall–Kier alpha value is -0.830. The van der Waals surface area contributed by atoms with E-state index in [0.717, 1.165) is 22.6 Å². The largest absolute Gasteiger partial charge is 0.497 e. The number of hydrogen-bond acceptors (Lipinski definition) is 5. The van der Waals surface area contributed by atoms with Crippen molar-refractivity contribution < 1.29 is 9.47 Å². The molecule has 2 rings (SSSR count). The molecule has 0 spiro atoms. The monoisotopic (exact) mass is 390 g/mol. The van der Waals surface area contributed by atoms with Crippen LogP contribution < -0.4 is 20.7 Å². The van der Waals surface area contributed by atoms with Crippen molar-refractivity contribution in [2.75, 3.05) is 14.2 Å². The van der Waals surface area contributed by atoms with Crippen LogP contribution in [0.2, 0.25) is 0 Å². The van der Waals surface area contributed by atoms with E-state index in [0.29, 0.717) is 0 Å². The van der Waals surface area contributed by atoms with E-state index in [-0.39, 0.29) is 6.04 Å². The highest BCUT2D eigenvalue weighted by molar-refractivity contribution is 14.1. The van der Waals surface area contributed by atoms with Gasteiger partial charge in [0.25, 0.3) is 0 Å². The molecule has 1 heterocycles. The molecule has 1 aromatic heterocycles. The van der Waals surface area contributed by atoms with Crippen LogP contribution in [0.1, 0.15) is 17.2 Å². The zero-order chi connectivity index (χ0) is 13.8. The highest BCUT2D eigenvalue weighted by Crippen LogP contribution is 2.34. The summed E-state index contributed by atoms with van der Waals surface area (Å²) in [5, 5.41) is 2.09. The van der Waals surface area contributed by atoms with Crippen molar-refractivity contribution >= 4 is 33.9 Å². The number of nitrogens with two attached hydrogens (primary N) is 1. The molecule has 1 unspecified atom stereocenters. The summed E-state index contributed by atoms with van der Waals surface area (Å²) in [7, 11) is 3.28. The van der Waals surface area contributed by atoms with Crippen LogP contribution in [0.15, 0.2) is 29.6 Å². The second-order valence-corrected chi connectivity index (χ2v) is 6.70. The minimum absolute atomic E-state index is 0.0966. The van der Waals surface area contributed by atoms with Gasteiger partial charge < -0.3 is 9.47 Å². The summed E-state index contributed by atoms with van der Waals surface area (Å²) >= 11 is 3.99. The van der Waals surface area contributed by atoms with E-state index in [1.54, 1.807) is 25.6 Å². The molecule has 4 nitrogen and oxygen atoms in total. The van der Waals surface area contributed by atoms with E-state index in [1.165, 1.54) is 2.88 Å². The SMILES string of the molecule is COc1ccc(C(NN)c2csc(I)c2)c(OC)c1. The first-order chi connectivity index (χ1) is 9.19. The number of benzene rings is 1. The number of thiophene rings is 1. The number of rotatable bonds is 5. The van der Waals surface area contributed by atoms with E-state index in [9.17, 15) is 0 Å². The molecule has 0 saturated carbocycles. The van der Waals surface area contributed by atoms with E-state index < -0.39 is 0 Å². The molecule has 0 bridgehead atoms. The standard InChI is InChI=1S/C13H15IN2O2S/c1-17-9-3-4-10(11(6-9)18-2)13(16-15)8-5-12(14)19-7-8/h3-7,13,16H,15H2,1-2H3. The van der Waals surface area contributed by atoms with Gasteiger partial charge in [-0.25, -0.2) is 5.43 Å². The molecular formula is C13H15IN2O2S. The van der Waals surface area contributed by atoms with Crippen LogP contribution in [0.5, 0.6) is 11.5 Å². The molecule has 0 aliphatic heterocycles. The van der Waals surface area contributed by atoms with Gasteiger partial charge in [0.1, 0.15) is 11.5 Å². The summed E-state index contributed by atoms with van der Waals surface area (Å²) < 4.78 is 11.9. The van der Waals surface area contributed by atoms with Gasteiger partial charge in [-0.15, -0.1) is 11.3 Å². The lowest BCUT2D eigenvalue weighted by Gasteiger charge is -2.18. The fourth-order valence-electron chi connectivity index (χ4n) is 1.90. The molecule has 1 atom stereocenters. The molecule has 0 amide bonds. The predicted octanol–water partition coefficient (Wildman–Crippen LogP) is 2.92. The summed E-state index contributed by atoms with van der Waals surface area (Å²) in [5.74, 6) is 7.22. The highest BCUT2D eigenvalue weighted by Gasteiger charge is 2.18. The molecule has 0 saturated heterocycles. The molecule has 0 aliphatic rings. The third kappa shape index (κ3) is 3.19. The summed E-state index contributed by atoms with van der Waals surface area (Å²) in [6.45, 7) is 0.